The molecule has 0 saturated carbocycles. The molecule has 0 saturated heterocycles. The van der Waals surface area contributed by atoms with Gasteiger partial charge < -0.3 is 10.6 Å². The van der Waals surface area contributed by atoms with Gasteiger partial charge in [-0.2, -0.15) is 0 Å². The van der Waals surface area contributed by atoms with Gasteiger partial charge in [0.2, 0.25) is 4.99 Å². The van der Waals surface area contributed by atoms with E-state index >= 15 is 0 Å². The second-order valence-electron chi connectivity index (χ2n) is 9.06. The summed E-state index contributed by atoms with van der Waals surface area (Å²) in [7, 11) is 0. The summed E-state index contributed by atoms with van der Waals surface area (Å²) in [4.78, 5) is 22.1. The molecule has 2 N–H and O–H groups in total. The van der Waals surface area contributed by atoms with Gasteiger partial charge in [0.1, 0.15) is 0 Å². The second kappa shape index (κ2) is 11.0. The summed E-state index contributed by atoms with van der Waals surface area (Å²) in [6, 6.07) is 28.8. The number of aryl methyl sites for hydroxylation is 1. The van der Waals surface area contributed by atoms with Gasteiger partial charge in [-0.1, -0.05) is 66.7 Å². The van der Waals surface area contributed by atoms with E-state index in [2.05, 4.69) is 58.1 Å². The standard InChI is InChI=1S/C31H30N4OS/c1-22-28(30(36)33-18-8-11-23-9-4-3-5-10-23)29(26-15-14-24-12-6-7-13-25(24)21-26)35-31(34-22,37-2)27-16-19-32-20-17-27/h3-7,9-10,12-17,19-21,35H,8,11,18H2,1-2H3,(H,33,36). The molecule has 5 rings (SSSR count). The minimum Gasteiger partial charge on any atom is -0.352 e. The maximum Gasteiger partial charge on any atom is 0.255 e. The molecule has 1 atom stereocenters. The Morgan fingerprint density at radius 2 is 1.68 bits per heavy atom. The van der Waals surface area contributed by atoms with Crippen LogP contribution in [0, 0.1) is 0 Å². The van der Waals surface area contributed by atoms with Crippen molar-refractivity contribution in [2.75, 3.05) is 12.8 Å². The van der Waals surface area contributed by atoms with Crippen molar-refractivity contribution in [3.05, 3.63) is 120 Å². The van der Waals surface area contributed by atoms with Crippen LogP contribution < -0.4 is 10.6 Å². The SMILES string of the molecule is CSC1(c2ccncc2)N=C(C)C(C(=O)NCCCc2ccccc2)=C(c2ccc3ccccc3c2)N1. The van der Waals surface area contributed by atoms with Crippen molar-refractivity contribution in [1.29, 1.82) is 0 Å². The average Bonchev–Trinajstić information content (AvgIpc) is 2.95. The summed E-state index contributed by atoms with van der Waals surface area (Å²) in [6.45, 7) is 2.51. The van der Waals surface area contributed by atoms with Crippen LogP contribution in [0.1, 0.15) is 30.0 Å². The van der Waals surface area contributed by atoms with Crippen molar-refractivity contribution in [3.8, 4) is 0 Å². The van der Waals surface area contributed by atoms with Crippen LogP contribution in [0.4, 0.5) is 0 Å². The van der Waals surface area contributed by atoms with Gasteiger partial charge >= 0.3 is 0 Å². The summed E-state index contributed by atoms with van der Waals surface area (Å²) in [5, 5.41) is 9.08. The molecule has 0 radical (unpaired) electrons. The zero-order chi connectivity index (χ0) is 25.7. The molecule has 2 heterocycles. The molecule has 37 heavy (non-hydrogen) atoms. The Morgan fingerprint density at radius 1 is 0.946 bits per heavy atom. The fourth-order valence-electron chi connectivity index (χ4n) is 4.73. The van der Waals surface area contributed by atoms with Crippen LogP contribution in [-0.4, -0.2) is 29.4 Å². The van der Waals surface area contributed by atoms with Crippen molar-refractivity contribution in [3.63, 3.8) is 0 Å². The van der Waals surface area contributed by atoms with E-state index in [-0.39, 0.29) is 5.91 Å². The molecule has 1 aliphatic heterocycles. The lowest BCUT2D eigenvalue weighted by molar-refractivity contribution is -0.117. The highest BCUT2D eigenvalue weighted by atomic mass is 32.2. The van der Waals surface area contributed by atoms with Crippen molar-refractivity contribution in [2.24, 2.45) is 4.99 Å². The normalized spacial score (nSPS) is 17.3. The summed E-state index contributed by atoms with van der Waals surface area (Å²) < 4.78 is 0. The minimum atomic E-state index is -0.759. The lowest BCUT2D eigenvalue weighted by atomic mass is 9.96. The van der Waals surface area contributed by atoms with E-state index in [0.29, 0.717) is 17.8 Å². The van der Waals surface area contributed by atoms with E-state index in [1.165, 1.54) is 5.56 Å². The first-order chi connectivity index (χ1) is 18.1. The van der Waals surface area contributed by atoms with Crippen LogP contribution in [0.25, 0.3) is 16.5 Å². The van der Waals surface area contributed by atoms with Crippen LogP contribution in [0.5, 0.6) is 0 Å². The number of thioether (sulfide) groups is 1. The molecular formula is C31H30N4OS. The lowest BCUT2D eigenvalue weighted by Gasteiger charge is -2.37. The summed E-state index contributed by atoms with van der Waals surface area (Å²) in [6.07, 6.45) is 7.35. The number of amides is 1. The largest absolute Gasteiger partial charge is 0.352 e. The van der Waals surface area contributed by atoms with Crippen molar-refractivity contribution in [1.82, 2.24) is 15.6 Å². The molecule has 1 aliphatic rings. The topological polar surface area (TPSA) is 66.4 Å². The Hall–Kier alpha value is -3.90. The van der Waals surface area contributed by atoms with Gasteiger partial charge in [-0.25, -0.2) is 4.99 Å². The fraction of sp³-hybridized carbons (Fsp3) is 0.194. The number of benzene rings is 3. The number of hydrogen-bond donors (Lipinski definition) is 2. The van der Waals surface area contributed by atoms with Gasteiger partial charge in [0.05, 0.1) is 17.0 Å². The maximum absolute atomic E-state index is 13.6. The molecule has 0 spiro atoms. The summed E-state index contributed by atoms with van der Waals surface area (Å²) >= 11 is 1.59. The molecule has 1 aromatic heterocycles. The molecule has 186 valence electrons. The van der Waals surface area contributed by atoms with Gasteiger partial charge in [-0.3, -0.25) is 9.78 Å². The van der Waals surface area contributed by atoms with Crippen LogP contribution in [0.15, 0.2) is 108 Å². The van der Waals surface area contributed by atoms with Crippen molar-refractivity contribution < 1.29 is 4.79 Å². The third-order valence-corrected chi connectivity index (χ3v) is 7.65. The number of nitrogens with zero attached hydrogens (tertiary/aromatic N) is 2. The van der Waals surface area contributed by atoms with Crippen LogP contribution >= 0.6 is 11.8 Å². The number of hydrogen-bond acceptors (Lipinski definition) is 5. The van der Waals surface area contributed by atoms with E-state index < -0.39 is 4.99 Å². The second-order valence-corrected chi connectivity index (χ2v) is 10.1. The number of aromatic nitrogens is 1. The summed E-state index contributed by atoms with van der Waals surface area (Å²) in [5.41, 5.74) is 5.27. The Morgan fingerprint density at radius 3 is 2.43 bits per heavy atom. The van der Waals surface area contributed by atoms with Gasteiger partial charge in [0, 0.05) is 24.5 Å². The number of carbonyl (C=O) groups is 1. The predicted octanol–water partition coefficient (Wildman–Crippen LogP) is 5.93. The van der Waals surface area contributed by atoms with Gasteiger partial charge in [-0.05, 0) is 66.1 Å². The first-order valence-corrected chi connectivity index (χ1v) is 13.7. The van der Waals surface area contributed by atoms with Crippen molar-refractivity contribution in [2.45, 2.75) is 24.8 Å². The fourth-order valence-corrected chi connectivity index (χ4v) is 5.53. The van der Waals surface area contributed by atoms with Crippen LogP contribution in [0.3, 0.4) is 0 Å². The van der Waals surface area contributed by atoms with Gasteiger partial charge in [-0.15, -0.1) is 11.8 Å². The smallest absolute Gasteiger partial charge is 0.255 e. The zero-order valence-corrected chi connectivity index (χ0v) is 21.9. The van der Waals surface area contributed by atoms with Crippen LogP contribution in [0.2, 0.25) is 0 Å². The van der Waals surface area contributed by atoms with E-state index in [9.17, 15) is 4.79 Å². The van der Waals surface area contributed by atoms with E-state index in [1.54, 1.807) is 24.2 Å². The highest BCUT2D eigenvalue weighted by Gasteiger charge is 2.38. The third-order valence-electron chi connectivity index (χ3n) is 6.63. The molecular weight excluding hydrogens is 476 g/mol. The first-order valence-electron chi connectivity index (χ1n) is 12.5. The van der Waals surface area contributed by atoms with E-state index in [4.69, 9.17) is 4.99 Å². The number of rotatable bonds is 8. The molecule has 1 unspecified atom stereocenters. The highest BCUT2D eigenvalue weighted by Crippen LogP contribution is 2.40. The lowest BCUT2D eigenvalue weighted by Crippen LogP contribution is -2.44. The molecule has 3 aromatic carbocycles. The molecule has 0 bridgehead atoms. The number of fused-ring (bicyclic) bond motifs is 1. The number of carbonyl (C=O) groups excluding carboxylic acids is 1. The molecule has 5 nitrogen and oxygen atoms in total. The molecule has 6 heteroatoms. The minimum absolute atomic E-state index is 0.116. The van der Waals surface area contributed by atoms with Crippen molar-refractivity contribution >= 4 is 39.9 Å². The first kappa shape index (κ1) is 24.8. The van der Waals surface area contributed by atoms with Gasteiger partial charge in [0.25, 0.3) is 5.91 Å². The Bertz CT molecular complexity index is 1470. The zero-order valence-electron chi connectivity index (χ0n) is 21.1. The van der Waals surface area contributed by atoms with E-state index in [1.807, 2.05) is 55.6 Å². The molecule has 1 amide bonds. The highest BCUT2D eigenvalue weighted by molar-refractivity contribution is 7.99. The molecule has 0 fully saturated rings. The monoisotopic (exact) mass is 506 g/mol. The van der Waals surface area contributed by atoms with Gasteiger partial charge in [0.15, 0.2) is 0 Å². The van der Waals surface area contributed by atoms with Crippen LogP contribution in [-0.2, 0) is 16.2 Å². The number of aliphatic imine (C=N–C) groups is 1. The third kappa shape index (κ3) is 5.30. The number of pyridine rings is 1. The summed E-state index contributed by atoms with van der Waals surface area (Å²) in [5.74, 6) is -0.116. The molecule has 4 aromatic rings. The maximum atomic E-state index is 13.6. The Kier molecular flexibility index (Phi) is 7.37. The Balaban J connectivity index is 1.49. The molecule has 0 aliphatic carbocycles. The Labute approximate surface area is 222 Å². The predicted molar refractivity (Wildman–Crippen MR) is 154 cm³/mol. The number of nitrogens with one attached hydrogen (secondary N) is 2. The quantitative estimate of drug-likeness (QED) is 0.291. The average molecular weight is 507 g/mol. The van der Waals surface area contributed by atoms with E-state index in [0.717, 1.165) is 40.4 Å².